The zero-order valence-corrected chi connectivity index (χ0v) is 10.5. The maximum Gasteiger partial charge on any atom is 0.316 e. The average Bonchev–Trinajstić information content (AvgIpc) is 2.72. The highest BCUT2D eigenvalue weighted by atomic mass is 32.1. The number of nitrogens with one attached hydrogen (secondary N) is 2. The average molecular weight is 262 g/mol. The molecule has 0 atom stereocenters. The van der Waals surface area contributed by atoms with Gasteiger partial charge in [0.2, 0.25) is 0 Å². The molecule has 0 radical (unpaired) electrons. The summed E-state index contributed by atoms with van der Waals surface area (Å²) in [4.78, 5) is 11.8. The SMILES string of the molecule is NC(=O)Nc1cccc(NCc2sccc2N)c1. The van der Waals surface area contributed by atoms with Crippen LogP contribution in [0.2, 0.25) is 0 Å². The number of benzene rings is 1. The third-order valence-electron chi connectivity index (χ3n) is 2.36. The van der Waals surface area contributed by atoms with E-state index >= 15 is 0 Å². The van der Waals surface area contributed by atoms with Crippen LogP contribution < -0.4 is 22.1 Å². The summed E-state index contributed by atoms with van der Waals surface area (Å²) in [6.45, 7) is 0.656. The Morgan fingerprint density at radius 1 is 1.28 bits per heavy atom. The van der Waals surface area contributed by atoms with E-state index in [0.717, 1.165) is 16.3 Å². The first-order valence-corrected chi connectivity index (χ1v) is 6.25. The summed E-state index contributed by atoms with van der Waals surface area (Å²) in [5.74, 6) is 0. The molecule has 1 aromatic carbocycles. The van der Waals surface area contributed by atoms with Gasteiger partial charge in [0.05, 0.1) is 6.54 Å². The lowest BCUT2D eigenvalue weighted by atomic mass is 10.2. The van der Waals surface area contributed by atoms with Gasteiger partial charge < -0.3 is 22.1 Å². The summed E-state index contributed by atoms with van der Waals surface area (Å²) >= 11 is 1.61. The van der Waals surface area contributed by atoms with E-state index in [2.05, 4.69) is 10.6 Å². The van der Waals surface area contributed by atoms with Gasteiger partial charge in [-0.15, -0.1) is 11.3 Å². The van der Waals surface area contributed by atoms with E-state index in [1.165, 1.54) is 0 Å². The van der Waals surface area contributed by atoms with Crippen molar-refractivity contribution in [1.82, 2.24) is 0 Å². The van der Waals surface area contributed by atoms with Gasteiger partial charge in [0.1, 0.15) is 0 Å². The van der Waals surface area contributed by atoms with E-state index in [-0.39, 0.29) is 0 Å². The van der Waals surface area contributed by atoms with E-state index < -0.39 is 6.03 Å². The molecule has 0 saturated carbocycles. The van der Waals surface area contributed by atoms with Gasteiger partial charge in [0, 0.05) is 21.9 Å². The number of urea groups is 1. The van der Waals surface area contributed by atoms with Crippen molar-refractivity contribution >= 4 is 34.4 Å². The van der Waals surface area contributed by atoms with Crippen LogP contribution >= 0.6 is 11.3 Å². The van der Waals surface area contributed by atoms with Crippen molar-refractivity contribution in [3.8, 4) is 0 Å². The molecule has 0 aliphatic rings. The van der Waals surface area contributed by atoms with Crippen molar-refractivity contribution in [3.63, 3.8) is 0 Å². The molecule has 2 aromatic rings. The number of amides is 2. The Kier molecular flexibility index (Phi) is 3.69. The summed E-state index contributed by atoms with van der Waals surface area (Å²) in [5, 5.41) is 7.72. The standard InChI is InChI=1S/C12H14N4OS/c13-10-4-5-18-11(10)7-15-8-2-1-3-9(6-8)16-12(14)17/h1-6,15H,7,13H2,(H3,14,16,17). The molecule has 0 aliphatic heterocycles. The highest BCUT2D eigenvalue weighted by Gasteiger charge is 2.01. The predicted octanol–water partition coefficient (Wildman–Crippen LogP) is 2.43. The Hall–Kier alpha value is -2.21. The fraction of sp³-hybridized carbons (Fsp3) is 0.0833. The number of thiophene rings is 1. The van der Waals surface area contributed by atoms with Crippen LogP contribution in [0.4, 0.5) is 21.9 Å². The van der Waals surface area contributed by atoms with Crippen LogP contribution in [0, 0.1) is 0 Å². The van der Waals surface area contributed by atoms with Crippen molar-refractivity contribution in [2.24, 2.45) is 5.73 Å². The van der Waals surface area contributed by atoms with Crippen molar-refractivity contribution < 1.29 is 4.79 Å². The zero-order valence-electron chi connectivity index (χ0n) is 9.64. The summed E-state index contributed by atoms with van der Waals surface area (Å²) in [6.07, 6.45) is 0. The highest BCUT2D eigenvalue weighted by molar-refractivity contribution is 7.10. The van der Waals surface area contributed by atoms with Crippen LogP contribution in [0.15, 0.2) is 35.7 Å². The quantitative estimate of drug-likeness (QED) is 0.681. The van der Waals surface area contributed by atoms with Gasteiger partial charge in [0.15, 0.2) is 0 Å². The first kappa shape index (κ1) is 12.3. The van der Waals surface area contributed by atoms with Crippen molar-refractivity contribution in [2.75, 3.05) is 16.4 Å². The number of nitrogens with two attached hydrogens (primary N) is 2. The molecule has 2 rings (SSSR count). The lowest BCUT2D eigenvalue weighted by Gasteiger charge is -2.08. The van der Waals surface area contributed by atoms with Crippen LogP contribution in [0.3, 0.4) is 0 Å². The monoisotopic (exact) mass is 262 g/mol. The topological polar surface area (TPSA) is 93.2 Å². The first-order chi connectivity index (χ1) is 8.65. The van der Waals surface area contributed by atoms with Gasteiger partial charge in [-0.05, 0) is 29.6 Å². The molecule has 5 nitrogen and oxygen atoms in total. The molecule has 18 heavy (non-hydrogen) atoms. The number of anilines is 3. The number of hydrogen-bond donors (Lipinski definition) is 4. The Labute approximate surface area is 109 Å². The second-order valence-corrected chi connectivity index (χ2v) is 4.72. The van der Waals surface area contributed by atoms with E-state index in [4.69, 9.17) is 11.5 Å². The third-order valence-corrected chi connectivity index (χ3v) is 3.30. The van der Waals surface area contributed by atoms with Gasteiger partial charge in [-0.25, -0.2) is 4.79 Å². The van der Waals surface area contributed by atoms with Gasteiger partial charge in [-0.1, -0.05) is 6.07 Å². The number of rotatable bonds is 4. The van der Waals surface area contributed by atoms with E-state index in [9.17, 15) is 4.79 Å². The minimum Gasteiger partial charge on any atom is -0.398 e. The molecule has 0 bridgehead atoms. The van der Waals surface area contributed by atoms with Gasteiger partial charge in [-0.3, -0.25) is 0 Å². The molecule has 1 heterocycles. The van der Waals surface area contributed by atoms with Crippen molar-refractivity contribution in [1.29, 1.82) is 0 Å². The molecule has 6 N–H and O–H groups in total. The number of carbonyl (C=O) groups is 1. The smallest absolute Gasteiger partial charge is 0.316 e. The predicted molar refractivity (Wildman–Crippen MR) is 75.7 cm³/mol. The molecule has 0 unspecified atom stereocenters. The van der Waals surface area contributed by atoms with Crippen LogP contribution in [-0.2, 0) is 6.54 Å². The van der Waals surface area contributed by atoms with Crippen LogP contribution in [0.1, 0.15) is 4.88 Å². The third kappa shape index (κ3) is 3.14. The second kappa shape index (κ2) is 5.42. The minimum atomic E-state index is -0.574. The summed E-state index contributed by atoms with van der Waals surface area (Å²) in [7, 11) is 0. The fourth-order valence-corrected chi connectivity index (χ4v) is 2.26. The molecule has 2 amide bonds. The molecule has 1 aromatic heterocycles. The second-order valence-electron chi connectivity index (χ2n) is 3.72. The molecule has 0 aliphatic carbocycles. The van der Waals surface area contributed by atoms with Crippen LogP contribution in [-0.4, -0.2) is 6.03 Å². The fourth-order valence-electron chi connectivity index (χ4n) is 1.53. The molecular formula is C12H14N4OS. The lowest BCUT2D eigenvalue weighted by Crippen LogP contribution is -2.19. The van der Waals surface area contributed by atoms with Crippen LogP contribution in [0.5, 0.6) is 0 Å². The zero-order chi connectivity index (χ0) is 13.0. The van der Waals surface area contributed by atoms with Crippen molar-refractivity contribution in [2.45, 2.75) is 6.54 Å². The Bertz CT molecular complexity index is 553. The number of nitrogen functional groups attached to an aromatic ring is 1. The molecule has 0 spiro atoms. The molecular weight excluding hydrogens is 248 g/mol. The summed E-state index contributed by atoms with van der Waals surface area (Å²) in [6, 6.07) is 8.65. The maximum absolute atomic E-state index is 10.7. The Balaban J connectivity index is 2.01. The van der Waals surface area contributed by atoms with Gasteiger partial charge in [0.25, 0.3) is 0 Å². The van der Waals surface area contributed by atoms with Gasteiger partial charge in [-0.2, -0.15) is 0 Å². The Morgan fingerprint density at radius 2 is 2.06 bits per heavy atom. The van der Waals surface area contributed by atoms with Crippen molar-refractivity contribution in [3.05, 3.63) is 40.6 Å². The molecule has 0 fully saturated rings. The number of primary amides is 1. The Morgan fingerprint density at radius 3 is 2.72 bits per heavy atom. The molecule has 0 saturated heterocycles. The normalized spacial score (nSPS) is 10.0. The maximum atomic E-state index is 10.7. The summed E-state index contributed by atoms with van der Waals surface area (Å²) in [5.41, 5.74) is 13.2. The largest absolute Gasteiger partial charge is 0.398 e. The summed E-state index contributed by atoms with van der Waals surface area (Å²) < 4.78 is 0. The van der Waals surface area contributed by atoms with E-state index in [1.807, 2.05) is 29.6 Å². The molecule has 6 heteroatoms. The lowest BCUT2D eigenvalue weighted by molar-refractivity contribution is 0.259. The van der Waals surface area contributed by atoms with Crippen LogP contribution in [0.25, 0.3) is 0 Å². The highest BCUT2D eigenvalue weighted by Crippen LogP contribution is 2.21. The molecule has 94 valence electrons. The van der Waals surface area contributed by atoms with E-state index in [1.54, 1.807) is 17.4 Å². The first-order valence-electron chi connectivity index (χ1n) is 5.37. The van der Waals surface area contributed by atoms with E-state index in [0.29, 0.717) is 12.2 Å². The number of carbonyl (C=O) groups excluding carboxylic acids is 1. The number of hydrogen-bond acceptors (Lipinski definition) is 4. The minimum absolute atomic E-state index is 0.574. The van der Waals surface area contributed by atoms with Gasteiger partial charge >= 0.3 is 6.03 Å².